The number of ether oxygens (including phenoxy) is 1. The van der Waals surface area contributed by atoms with Gasteiger partial charge in [0.1, 0.15) is 5.78 Å². The summed E-state index contributed by atoms with van der Waals surface area (Å²) in [6, 6.07) is 0. The minimum atomic E-state index is -0.520. The second-order valence-corrected chi connectivity index (χ2v) is 15.0. The van der Waals surface area contributed by atoms with Gasteiger partial charge in [0.25, 0.3) is 0 Å². The van der Waals surface area contributed by atoms with Crippen LogP contribution < -0.4 is 0 Å². The lowest BCUT2D eigenvalue weighted by molar-refractivity contribution is -0.226. The van der Waals surface area contributed by atoms with E-state index < -0.39 is 10.8 Å². The van der Waals surface area contributed by atoms with Gasteiger partial charge in [0.2, 0.25) is 0 Å². The maximum absolute atomic E-state index is 14.3. The van der Waals surface area contributed by atoms with E-state index in [-0.39, 0.29) is 57.1 Å². The number of allylic oxidation sites excluding steroid dienone is 2. The van der Waals surface area contributed by atoms with E-state index in [2.05, 4.69) is 54.5 Å². The quantitative estimate of drug-likeness (QED) is 0.397. The molecule has 4 heteroatoms. The molecule has 5 aliphatic carbocycles. The van der Waals surface area contributed by atoms with Gasteiger partial charge in [-0.2, -0.15) is 0 Å². The maximum atomic E-state index is 14.3. The van der Waals surface area contributed by atoms with Crippen molar-refractivity contribution in [3.63, 3.8) is 0 Å². The molecule has 4 nitrogen and oxygen atoms in total. The van der Waals surface area contributed by atoms with E-state index in [9.17, 15) is 14.4 Å². The fourth-order valence-corrected chi connectivity index (χ4v) is 10.6. The first-order valence-electron chi connectivity index (χ1n) is 13.9. The van der Waals surface area contributed by atoms with Crippen molar-refractivity contribution in [2.24, 2.45) is 56.2 Å². The number of fused-ring (bicyclic) bond motifs is 7. The SMILES string of the molecule is COC(=O)[C@]12CCC(C)(C)C[C@H]1C1C(=O)C[C@@H]3[C@@]4(C)C=CC(=O)C(C)(C)[C@@H]4CC[C@@]3(C)[C@]1(C)CC2. The molecule has 1 unspecified atom stereocenters. The van der Waals surface area contributed by atoms with E-state index in [0.29, 0.717) is 12.2 Å². The predicted octanol–water partition coefficient (Wildman–Crippen LogP) is 6.57. The normalized spacial score (nSPS) is 49.8. The molecule has 0 aromatic carbocycles. The zero-order valence-electron chi connectivity index (χ0n) is 23.3. The van der Waals surface area contributed by atoms with Crippen LogP contribution in [-0.2, 0) is 19.1 Å². The summed E-state index contributed by atoms with van der Waals surface area (Å²) >= 11 is 0. The number of carbonyl (C=O) groups excluding carboxylic acids is 3. The molecule has 5 aliphatic rings. The first kappa shape index (κ1) is 25.2. The van der Waals surface area contributed by atoms with Gasteiger partial charge in [-0.25, -0.2) is 0 Å². The van der Waals surface area contributed by atoms with Crippen molar-refractivity contribution in [1.82, 2.24) is 0 Å². The van der Waals surface area contributed by atoms with Crippen molar-refractivity contribution in [2.75, 3.05) is 7.11 Å². The van der Waals surface area contributed by atoms with E-state index in [1.807, 2.05) is 6.08 Å². The highest BCUT2D eigenvalue weighted by Crippen LogP contribution is 2.75. The summed E-state index contributed by atoms with van der Waals surface area (Å²) in [5, 5.41) is 0. The van der Waals surface area contributed by atoms with Crippen LogP contribution >= 0.6 is 0 Å². The molecule has 194 valence electrons. The molecule has 0 aliphatic heterocycles. The molecule has 0 saturated heterocycles. The number of Topliss-reactive ketones (excluding diaryl/α,β-unsaturated/α-hetero) is 1. The summed E-state index contributed by atoms with van der Waals surface area (Å²) in [5.74, 6) is 0.909. The van der Waals surface area contributed by atoms with Crippen LogP contribution in [0.1, 0.15) is 99.8 Å². The molecule has 4 saturated carbocycles. The van der Waals surface area contributed by atoms with E-state index in [1.54, 1.807) is 0 Å². The molecule has 0 spiro atoms. The first-order valence-corrected chi connectivity index (χ1v) is 13.9. The zero-order valence-corrected chi connectivity index (χ0v) is 23.3. The van der Waals surface area contributed by atoms with Gasteiger partial charge in [-0.15, -0.1) is 0 Å². The van der Waals surface area contributed by atoms with Crippen LogP contribution in [0.2, 0.25) is 0 Å². The van der Waals surface area contributed by atoms with Gasteiger partial charge in [0, 0.05) is 17.8 Å². The Kier molecular flexibility index (Phi) is 5.27. The number of ketones is 2. The van der Waals surface area contributed by atoms with E-state index in [4.69, 9.17) is 4.74 Å². The third kappa shape index (κ3) is 3.00. The largest absolute Gasteiger partial charge is 0.469 e. The summed E-state index contributed by atoms with van der Waals surface area (Å²) in [4.78, 5) is 40.6. The standard InChI is InChI=1S/C31H46O4/c1-26(2)13-15-31(25(34)35-8)16-14-30(7)24(19(31)18-26)20(32)17-22-28(5)11-10-23(33)27(3,4)21(28)9-12-29(22,30)6/h10-11,19,21-22,24H,9,12-18H2,1-8H3/t19-,21-,22+,24?,28-,29+,30+,31-/m0/s1. The molecular formula is C31H46O4. The van der Waals surface area contributed by atoms with E-state index >= 15 is 0 Å². The number of hydrogen-bond donors (Lipinski definition) is 0. The van der Waals surface area contributed by atoms with Gasteiger partial charge in [-0.1, -0.05) is 54.5 Å². The molecule has 0 aromatic rings. The van der Waals surface area contributed by atoms with Crippen molar-refractivity contribution in [2.45, 2.75) is 99.8 Å². The van der Waals surface area contributed by atoms with Crippen molar-refractivity contribution in [1.29, 1.82) is 0 Å². The number of hydrogen-bond acceptors (Lipinski definition) is 4. The average Bonchev–Trinajstić information content (AvgIpc) is 2.77. The molecule has 0 N–H and O–H groups in total. The van der Waals surface area contributed by atoms with Crippen LogP contribution in [0, 0.1) is 56.2 Å². The lowest BCUT2D eigenvalue weighted by atomic mass is 9.32. The maximum Gasteiger partial charge on any atom is 0.312 e. The summed E-state index contributed by atoms with van der Waals surface area (Å²) in [6.07, 6.45) is 11.1. The van der Waals surface area contributed by atoms with Gasteiger partial charge < -0.3 is 4.74 Å². The zero-order chi connectivity index (χ0) is 25.8. The van der Waals surface area contributed by atoms with Crippen LogP contribution in [-0.4, -0.2) is 24.6 Å². The molecule has 4 fully saturated rings. The second-order valence-electron chi connectivity index (χ2n) is 15.0. The first-order chi connectivity index (χ1) is 16.1. The molecule has 8 atom stereocenters. The molecule has 0 radical (unpaired) electrons. The monoisotopic (exact) mass is 482 g/mol. The Hall–Kier alpha value is -1.45. The Morgan fingerprint density at radius 1 is 0.886 bits per heavy atom. The van der Waals surface area contributed by atoms with E-state index in [0.717, 1.165) is 44.9 Å². The van der Waals surface area contributed by atoms with Crippen molar-refractivity contribution < 1.29 is 19.1 Å². The third-order valence-corrected chi connectivity index (χ3v) is 12.9. The molecule has 0 heterocycles. The molecule has 35 heavy (non-hydrogen) atoms. The van der Waals surface area contributed by atoms with Gasteiger partial charge in [-0.3, -0.25) is 14.4 Å². The van der Waals surface area contributed by atoms with Crippen LogP contribution in [0.4, 0.5) is 0 Å². The highest BCUT2D eigenvalue weighted by atomic mass is 16.5. The highest BCUT2D eigenvalue weighted by Gasteiger charge is 2.72. The van der Waals surface area contributed by atoms with Gasteiger partial charge in [0.05, 0.1) is 12.5 Å². The minimum Gasteiger partial charge on any atom is -0.469 e. The van der Waals surface area contributed by atoms with Gasteiger partial charge in [0.15, 0.2) is 5.78 Å². The summed E-state index contributed by atoms with van der Waals surface area (Å²) in [5.41, 5.74) is -1.13. The third-order valence-electron chi connectivity index (χ3n) is 12.9. The summed E-state index contributed by atoms with van der Waals surface area (Å²) in [7, 11) is 1.52. The highest BCUT2D eigenvalue weighted by molar-refractivity contribution is 5.96. The number of esters is 1. The fraction of sp³-hybridized carbons (Fsp3) is 0.839. The Morgan fingerprint density at radius 3 is 2.20 bits per heavy atom. The topological polar surface area (TPSA) is 60.4 Å². The predicted molar refractivity (Wildman–Crippen MR) is 136 cm³/mol. The number of rotatable bonds is 1. The summed E-state index contributed by atoms with van der Waals surface area (Å²) in [6.45, 7) is 16.0. The fourth-order valence-electron chi connectivity index (χ4n) is 10.6. The van der Waals surface area contributed by atoms with Gasteiger partial charge in [-0.05, 0) is 90.4 Å². The van der Waals surface area contributed by atoms with Crippen LogP contribution in [0.5, 0.6) is 0 Å². The van der Waals surface area contributed by atoms with Crippen LogP contribution in [0.25, 0.3) is 0 Å². The summed E-state index contributed by atoms with van der Waals surface area (Å²) < 4.78 is 5.43. The second kappa shape index (κ2) is 7.32. The van der Waals surface area contributed by atoms with E-state index in [1.165, 1.54) is 7.11 Å². The Labute approximate surface area is 212 Å². The lowest BCUT2D eigenvalue weighted by Crippen LogP contribution is -2.69. The molecule has 0 aromatic heterocycles. The van der Waals surface area contributed by atoms with Crippen molar-refractivity contribution >= 4 is 17.5 Å². The lowest BCUT2D eigenvalue weighted by Gasteiger charge is -2.71. The molecular weight excluding hydrogens is 436 g/mol. The molecule has 5 rings (SSSR count). The molecule has 0 bridgehead atoms. The number of methoxy groups -OCH3 is 1. The Balaban J connectivity index is 1.62. The van der Waals surface area contributed by atoms with Crippen LogP contribution in [0.15, 0.2) is 12.2 Å². The minimum absolute atomic E-state index is 0.0124. The number of carbonyl (C=O) groups is 3. The smallest absolute Gasteiger partial charge is 0.312 e. The van der Waals surface area contributed by atoms with Crippen molar-refractivity contribution in [3.8, 4) is 0 Å². The Morgan fingerprint density at radius 2 is 1.54 bits per heavy atom. The molecule has 0 amide bonds. The van der Waals surface area contributed by atoms with Gasteiger partial charge >= 0.3 is 5.97 Å². The Bertz CT molecular complexity index is 1010. The van der Waals surface area contributed by atoms with Crippen molar-refractivity contribution in [3.05, 3.63) is 12.2 Å². The van der Waals surface area contributed by atoms with Crippen LogP contribution in [0.3, 0.4) is 0 Å². The average molecular weight is 483 g/mol.